The van der Waals surface area contributed by atoms with E-state index in [0.29, 0.717) is 12.6 Å². The quantitative estimate of drug-likeness (QED) is 0.708. The van der Waals surface area contributed by atoms with Crippen LogP contribution in [0.15, 0.2) is 0 Å². The molecule has 0 amide bonds. The van der Waals surface area contributed by atoms with Crippen LogP contribution >= 0.6 is 0 Å². The van der Waals surface area contributed by atoms with Crippen LogP contribution in [0.1, 0.15) is 27.2 Å². The zero-order chi connectivity index (χ0) is 13.5. The van der Waals surface area contributed by atoms with E-state index in [1.807, 2.05) is 6.92 Å². The van der Waals surface area contributed by atoms with Gasteiger partial charge in [0.05, 0.1) is 19.8 Å². The fraction of sp³-hybridized carbons (Fsp3) is 0.923. The van der Waals surface area contributed by atoms with Gasteiger partial charge in [0.15, 0.2) is 0 Å². The highest BCUT2D eigenvalue weighted by molar-refractivity contribution is 5.75. The first-order chi connectivity index (χ1) is 8.62. The van der Waals surface area contributed by atoms with E-state index in [2.05, 4.69) is 24.1 Å². The highest BCUT2D eigenvalue weighted by atomic mass is 16.5. The van der Waals surface area contributed by atoms with E-state index >= 15 is 0 Å². The summed E-state index contributed by atoms with van der Waals surface area (Å²) in [4.78, 5) is 14.0. The summed E-state index contributed by atoms with van der Waals surface area (Å²) in [6.45, 7) is 9.28. The van der Waals surface area contributed by atoms with Gasteiger partial charge >= 0.3 is 5.97 Å². The number of methoxy groups -OCH3 is 1. The summed E-state index contributed by atoms with van der Waals surface area (Å²) in [5.74, 6) is -0.189. The predicted octanol–water partition coefficient (Wildman–Crippen LogP) is 0.637. The maximum absolute atomic E-state index is 11.7. The number of nitrogens with zero attached hydrogens (tertiary/aromatic N) is 1. The van der Waals surface area contributed by atoms with Gasteiger partial charge in [-0.1, -0.05) is 13.8 Å². The van der Waals surface area contributed by atoms with Crippen molar-refractivity contribution in [3.63, 3.8) is 0 Å². The molecule has 0 spiro atoms. The fourth-order valence-electron chi connectivity index (χ4n) is 2.36. The lowest BCUT2D eigenvalue weighted by molar-refractivity contribution is -0.144. The first-order valence-electron chi connectivity index (χ1n) is 6.79. The first-order valence-corrected chi connectivity index (χ1v) is 6.79. The lowest BCUT2D eigenvalue weighted by Gasteiger charge is -2.39. The van der Waals surface area contributed by atoms with Crippen molar-refractivity contribution in [2.75, 3.05) is 33.4 Å². The Morgan fingerprint density at radius 1 is 1.56 bits per heavy atom. The maximum atomic E-state index is 11.7. The molecule has 0 aromatic carbocycles. The average Bonchev–Trinajstić information content (AvgIpc) is 2.37. The van der Waals surface area contributed by atoms with Gasteiger partial charge in [-0.25, -0.2) is 0 Å². The van der Waals surface area contributed by atoms with Gasteiger partial charge < -0.3 is 14.8 Å². The third-order valence-electron chi connectivity index (χ3n) is 3.41. The minimum absolute atomic E-state index is 0.189. The first kappa shape index (κ1) is 15.4. The van der Waals surface area contributed by atoms with Crippen LogP contribution in [-0.2, 0) is 14.3 Å². The van der Waals surface area contributed by atoms with Crippen molar-refractivity contribution in [3.05, 3.63) is 0 Å². The molecule has 5 nitrogen and oxygen atoms in total. The summed E-state index contributed by atoms with van der Waals surface area (Å²) >= 11 is 0. The Balaban J connectivity index is 2.61. The largest absolute Gasteiger partial charge is 0.468 e. The number of carbonyl (C=O) groups excluding carboxylic acids is 1. The van der Waals surface area contributed by atoms with Gasteiger partial charge in [0.25, 0.3) is 0 Å². The minimum atomic E-state index is -0.251. The molecular formula is C13H26N2O3. The molecule has 1 aliphatic heterocycles. The lowest BCUT2D eigenvalue weighted by atomic mass is 10.1. The van der Waals surface area contributed by atoms with Crippen LogP contribution in [0.3, 0.4) is 0 Å². The molecule has 0 aromatic heterocycles. The van der Waals surface area contributed by atoms with Crippen molar-refractivity contribution in [1.29, 1.82) is 0 Å². The zero-order valence-corrected chi connectivity index (χ0v) is 11.9. The van der Waals surface area contributed by atoms with Gasteiger partial charge in [0.1, 0.15) is 6.04 Å². The highest BCUT2D eigenvalue weighted by Gasteiger charge is 2.29. The van der Waals surface area contributed by atoms with Crippen molar-refractivity contribution >= 4 is 5.97 Å². The topological polar surface area (TPSA) is 50.8 Å². The SMILES string of the molecule is CCNC(CN1CC(C)OCC1CC)C(=O)OC. The minimum Gasteiger partial charge on any atom is -0.468 e. The van der Waals surface area contributed by atoms with Gasteiger partial charge in [-0.15, -0.1) is 0 Å². The molecule has 18 heavy (non-hydrogen) atoms. The number of esters is 1. The monoisotopic (exact) mass is 258 g/mol. The second-order valence-electron chi connectivity index (χ2n) is 4.79. The molecule has 0 bridgehead atoms. The second kappa shape index (κ2) is 7.71. The molecule has 1 aliphatic rings. The predicted molar refractivity (Wildman–Crippen MR) is 70.5 cm³/mol. The van der Waals surface area contributed by atoms with Crippen LogP contribution in [-0.4, -0.2) is 62.4 Å². The molecule has 1 heterocycles. The van der Waals surface area contributed by atoms with Crippen LogP contribution in [0.5, 0.6) is 0 Å². The van der Waals surface area contributed by atoms with Crippen molar-refractivity contribution in [2.24, 2.45) is 0 Å². The van der Waals surface area contributed by atoms with Gasteiger partial charge in [-0.05, 0) is 19.9 Å². The normalized spacial score (nSPS) is 26.9. The molecule has 3 atom stereocenters. The van der Waals surface area contributed by atoms with E-state index in [0.717, 1.165) is 26.1 Å². The van der Waals surface area contributed by atoms with E-state index in [4.69, 9.17) is 9.47 Å². The Morgan fingerprint density at radius 2 is 2.28 bits per heavy atom. The third-order valence-corrected chi connectivity index (χ3v) is 3.41. The van der Waals surface area contributed by atoms with Crippen molar-refractivity contribution in [1.82, 2.24) is 10.2 Å². The third kappa shape index (κ3) is 4.23. The van der Waals surface area contributed by atoms with Crippen LogP contribution < -0.4 is 5.32 Å². The average molecular weight is 258 g/mol. The van der Waals surface area contributed by atoms with Crippen LogP contribution in [0.25, 0.3) is 0 Å². The standard InChI is InChI=1S/C13H26N2O3/c1-5-11-9-18-10(3)7-15(11)8-12(14-6-2)13(16)17-4/h10-12,14H,5-9H2,1-4H3. The van der Waals surface area contributed by atoms with Crippen molar-refractivity contribution < 1.29 is 14.3 Å². The summed E-state index contributed by atoms with van der Waals surface area (Å²) in [6.07, 6.45) is 1.26. The number of hydrogen-bond donors (Lipinski definition) is 1. The van der Waals surface area contributed by atoms with Gasteiger partial charge in [-0.3, -0.25) is 9.69 Å². The molecule has 0 saturated carbocycles. The van der Waals surface area contributed by atoms with Gasteiger partial charge in [0.2, 0.25) is 0 Å². The fourth-order valence-corrected chi connectivity index (χ4v) is 2.36. The summed E-state index contributed by atoms with van der Waals surface area (Å²) in [5.41, 5.74) is 0. The van der Waals surface area contributed by atoms with E-state index in [1.165, 1.54) is 7.11 Å². The number of ether oxygens (including phenoxy) is 2. The van der Waals surface area contributed by atoms with E-state index < -0.39 is 0 Å². The Bertz CT molecular complexity index is 261. The van der Waals surface area contributed by atoms with Crippen LogP contribution in [0.4, 0.5) is 0 Å². The molecule has 0 radical (unpaired) electrons. The number of hydrogen-bond acceptors (Lipinski definition) is 5. The highest BCUT2D eigenvalue weighted by Crippen LogP contribution is 2.15. The molecule has 1 N–H and O–H groups in total. The van der Waals surface area contributed by atoms with Gasteiger partial charge in [-0.2, -0.15) is 0 Å². The zero-order valence-electron chi connectivity index (χ0n) is 11.9. The smallest absolute Gasteiger partial charge is 0.324 e. The summed E-state index contributed by atoms with van der Waals surface area (Å²) < 4.78 is 10.5. The maximum Gasteiger partial charge on any atom is 0.324 e. The molecule has 106 valence electrons. The summed E-state index contributed by atoms with van der Waals surface area (Å²) in [5, 5.41) is 3.18. The van der Waals surface area contributed by atoms with Crippen molar-refractivity contribution in [2.45, 2.75) is 45.4 Å². The Kier molecular flexibility index (Phi) is 6.60. The summed E-state index contributed by atoms with van der Waals surface area (Å²) in [7, 11) is 1.44. The molecule has 1 fully saturated rings. The van der Waals surface area contributed by atoms with E-state index in [1.54, 1.807) is 0 Å². The molecular weight excluding hydrogens is 232 g/mol. The molecule has 1 rings (SSSR count). The molecule has 3 unspecified atom stereocenters. The summed E-state index contributed by atoms with van der Waals surface area (Å²) in [6, 6.07) is 0.145. The van der Waals surface area contributed by atoms with Crippen molar-refractivity contribution in [3.8, 4) is 0 Å². The van der Waals surface area contributed by atoms with E-state index in [9.17, 15) is 4.79 Å². The Morgan fingerprint density at radius 3 is 2.83 bits per heavy atom. The molecule has 0 aliphatic carbocycles. The number of nitrogens with one attached hydrogen (secondary N) is 1. The lowest BCUT2D eigenvalue weighted by Crippen LogP contribution is -2.55. The number of likely N-dealkylation sites (N-methyl/N-ethyl adjacent to an activating group) is 1. The molecule has 1 saturated heterocycles. The Labute approximate surface area is 110 Å². The van der Waals surface area contributed by atoms with Crippen LogP contribution in [0, 0.1) is 0 Å². The number of rotatable bonds is 6. The number of carbonyl (C=O) groups is 1. The number of morpholine rings is 1. The molecule has 5 heteroatoms. The van der Waals surface area contributed by atoms with Crippen LogP contribution in [0.2, 0.25) is 0 Å². The molecule has 0 aromatic rings. The second-order valence-corrected chi connectivity index (χ2v) is 4.79. The Hall–Kier alpha value is -0.650. The van der Waals surface area contributed by atoms with Gasteiger partial charge in [0, 0.05) is 19.1 Å². The van der Waals surface area contributed by atoms with E-state index in [-0.39, 0.29) is 18.1 Å².